The van der Waals surface area contributed by atoms with Crippen molar-refractivity contribution >= 4 is 27.5 Å². The van der Waals surface area contributed by atoms with Crippen molar-refractivity contribution in [1.29, 1.82) is 0 Å². The molecule has 0 radical (unpaired) electrons. The summed E-state index contributed by atoms with van der Waals surface area (Å²) in [6.45, 7) is 7.48. The maximum Gasteiger partial charge on any atom is 0.263 e. The zero-order valence-corrected chi connectivity index (χ0v) is 16.9. The molecule has 142 valence electrons. The van der Waals surface area contributed by atoms with Crippen LogP contribution in [0, 0.1) is 6.92 Å². The lowest BCUT2D eigenvalue weighted by Gasteiger charge is -2.21. The Labute approximate surface area is 163 Å². The van der Waals surface area contributed by atoms with Crippen molar-refractivity contribution in [2.45, 2.75) is 40.2 Å². The number of carbonyl (C=O) groups excluding carboxylic acids is 1. The van der Waals surface area contributed by atoms with Crippen LogP contribution in [0.15, 0.2) is 41.5 Å². The first kappa shape index (κ1) is 19.3. The van der Waals surface area contributed by atoms with Gasteiger partial charge in [-0.1, -0.05) is 43.7 Å². The number of aryl methyl sites for hydroxylation is 1. The molecule has 27 heavy (non-hydrogen) atoms. The van der Waals surface area contributed by atoms with Gasteiger partial charge in [-0.25, -0.2) is 4.98 Å². The summed E-state index contributed by atoms with van der Waals surface area (Å²) in [4.78, 5) is 33.8. The lowest BCUT2D eigenvalue weighted by Crippen LogP contribution is -2.37. The number of fused-ring (bicyclic) bond motifs is 1. The fourth-order valence-electron chi connectivity index (χ4n) is 3.26. The van der Waals surface area contributed by atoms with Gasteiger partial charge in [0.15, 0.2) is 0 Å². The number of rotatable bonds is 7. The average Bonchev–Trinajstić information content (AvgIpc) is 3.02. The number of aromatic nitrogens is 2. The van der Waals surface area contributed by atoms with Gasteiger partial charge in [-0.2, -0.15) is 0 Å². The van der Waals surface area contributed by atoms with Crippen molar-refractivity contribution in [1.82, 2.24) is 14.5 Å². The van der Waals surface area contributed by atoms with Crippen molar-refractivity contribution < 1.29 is 4.79 Å². The molecule has 0 spiro atoms. The minimum Gasteiger partial charge on any atom is -0.341 e. The quantitative estimate of drug-likeness (QED) is 0.618. The van der Waals surface area contributed by atoms with Crippen LogP contribution in [0.2, 0.25) is 0 Å². The standard InChI is InChI=1S/C21H25N3O2S/c1-4-6-12-23(5-2)17(25)13-24-14-22-20-19(21(24)26)18(15(3)27-20)16-10-8-7-9-11-16/h7-11,14H,4-6,12-13H2,1-3H3. The Kier molecular flexibility index (Phi) is 6.06. The molecule has 0 atom stereocenters. The zero-order valence-electron chi connectivity index (χ0n) is 16.1. The van der Waals surface area contributed by atoms with Gasteiger partial charge in [0.25, 0.3) is 5.56 Å². The molecule has 2 aromatic heterocycles. The largest absolute Gasteiger partial charge is 0.341 e. The van der Waals surface area contributed by atoms with E-state index in [9.17, 15) is 9.59 Å². The lowest BCUT2D eigenvalue weighted by molar-refractivity contribution is -0.131. The van der Waals surface area contributed by atoms with Gasteiger partial charge in [0.05, 0.1) is 11.7 Å². The molecular weight excluding hydrogens is 358 g/mol. The first-order chi connectivity index (χ1) is 13.1. The fraction of sp³-hybridized carbons (Fsp3) is 0.381. The molecule has 2 heterocycles. The van der Waals surface area contributed by atoms with Gasteiger partial charge in [0.1, 0.15) is 11.4 Å². The highest BCUT2D eigenvalue weighted by Gasteiger charge is 2.19. The Hall–Kier alpha value is -2.47. The molecule has 3 aromatic rings. The Balaban J connectivity index is 2.00. The molecule has 0 saturated heterocycles. The Morgan fingerprint density at radius 2 is 1.96 bits per heavy atom. The van der Waals surface area contributed by atoms with Crippen molar-refractivity contribution in [2.75, 3.05) is 13.1 Å². The molecular formula is C21H25N3O2S. The predicted octanol–water partition coefficient (Wildman–Crippen LogP) is 4.08. The summed E-state index contributed by atoms with van der Waals surface area (Å²) in [7, 11) is 0. The van der Waals surface area contributed by atoms with Gasteiger partial charge in [0.2, 0.25) is 5.91 Å². The fourth-order valence-corrected chi connectivity index (χ4v) is 4.26. The van der Waals surface area contributed by atoms with E-state index in [0.717, 1.165) is 40.2 Å². The molecule has 0 N–H and O–H groups in total. The summed E-state index contributed by atoms with van der Waals surface area (Å²) in [6, 6.07) is 9.88. The molecule has 6 heteroatoms. The van der Waals surface area contributed by atoms with Crippen molar-refractivity contribution in [3.8, 4) is 11.1 Å². The average molecular weight is 384 g/mol. The van der Waals surface area contributed by atoms with E-state index in [2.05, 4.69) is 11.9 Å². The van der Waals surface area contributed by atoms with Crippen LogP contribution in [0.4, 0.5) is 0 Å². The maximum absolute atomic E-state index is 13.2. The number of amides is 1. The summed E-state index contributed by atoms with van der Waals surface area (Å²) in [5, 5.41) is 0.607. The number of thiophene rings is 1. The Bertz CT molecular complexity index is 992. The van der Waals surface area contributed by atoms with Crippen LogP contribution in [0.1, 0.15) is 31.6 Å². The van der Waals surface area contributed by atoms with Gasteiger partial charge >= 0.3 is 0 Å². The number of likely N-dealkylation sites (N-methyl/N-ethyl adjacent to an activating group) is 1. The van der Waals surface area contributed by atoms with E-state index >= 15 is 0 Å². The second-order valence-corrected chi connectivity index (χ2v) is 7.79. The molecule has 0 aliphatic rings. The highest BCUT2D eigenvalue weighted by atomic mass is 32.1. The number of unbranched alkanes of at least 4 members (excludes halogenated alkanes) is 1. The van der Waals surface area contributed by atoms with Crippen LogP contribution in [-0.4, -0.2) is 33.4 Å². The van der Waals surface area contributed by atoms with Gasteiger partial charge in [-0.3, -0.25) is 14.2 Å². The van der Waals surface area contributed by atoms with Crippen LogP contribution < -0.4 is 5.56 Å². The van der Waals surface area contributed by atoms with E-state index in [-0.39, 0.29) is 18.0 Å². The van der Waals surface area contributed by atoms with E-state index in [4.69, 9.17) is 0 Å². The molecule has 3 rings (SSSR count). The monoisotopic (exact) mass is 383 g/mol. The van der Waals surface area contributed by atoms with Crippen LogP contribution in [-0.2, 0) is 11.3 Å². The van der Waals surface area contributed by atoms with E-state index in [0.29, 0.717) is 11.9 Å². The Morgan fingerprint density at radius 3 is 2.63 bits per heavy atom. The molecule has 0 aliphatic carbocycles. The first-order valence-corrected chi connectivity index (χ1v) is 10.2. The highest BCUT2D eigenvalue weighted by Crippen LogP contribution is 2.35. The third-order valence-electron chi connectivity index (χ3n) is 4.74. The first-order valence-electron chi connectivity index (χ1n) is 9.38. The Morgan fingerprint density at radius 1 is 1.22 bits per heavy atom. The SMILES string of the molecule is CCCCN(CC)C(=O)Cn1cnc2sc(C)c(-c3ccccc3)c2c1=O. The zero-order chi connectivity index (χ0) is 19.4. The van der Waals surface area contributed by atoms with Gasteiger partial charge in [-0.05, 0) is 25.8 Å². The van der Waals surface area contributed by atoms with E-state index in [1.165, 1.54) is 22.2 Å². The van der Waals surface area contributed by atoms with E-state index in [1.54, 1.807) is 4.90 Å². The van der Waals surface area contributed by atoms with Crippen molar-refractivity contribution in [2.24, 2.45) is 0 Å². The topological polar surface area (TPSA) is 55.2 Å². The van der Waals surface area contributed by atoms with Crippen LogP contribution in [0.3, 0.4) is 0 Å². The summed E-state index contributed by atoms with van der Waals surface area (Å²) in [5.74, 6) is -0.0394. The van der Waals surface area contributed by atoms with Crippen molar-refractivity contribution in [3.05, 3.63) is 51.9 Å². The minimum absolute atomic E-state index is 0.0302. The van der Waals surface area contributed by atoms with Gasteiger partial charge < -0.3 is 4.90 Å². The normalized spacial score (nSPS) is 11.1. The van der Waals surface area contributed by atoms with Crippen LogP contribution >= 0.6 is 11.3 Å². The van der Waals surface area contributed by atoms with E-state index in [1.807, 2.05) is 44.2 Å². The predicted molar refractivity (Wildman–Crippen MR) is 111 cm³/mol. The second-order valence-electron chi connectivity index (χ2n) is 6.58. The van der Waals surface area contributed by atoms with Crippen LogP contribution in [0.5, 0.6) is 0 Å². The maximum atomic E-state index is 13.2. The molecule has 0 aliphatic heterocycles. The number of benzene rings is 1. The third-order valence-corrected chi connectivity index (χ3v) is 5.75. The summed E-state index contributed by atoms with van der Waals surface area (Å²) >= 11 is 1.52. The molecule has 0 saturated carbocycles. The number of hydrogen-bond acceptors (Lipinski definition) is 4. The summed E-state index contributed by atoms with van der Waals surface area (Å²) < 4.78 is 1.44. The summed E-state index contributed by atoms with van der Waals surface area (Å²) in [6.07, 6.45) is 3.50. The molecule has 5 nitrogen and oxygen atoms in total. The summed E-state index contributed by atoms with van der Waals surface area (Å²) in [5.41, 5.74) is 1.78. The second kappa shape index (κ2) is 8.48. The number of hydrogen-bond donors (Lipinski definition) is 0. The molecule has 1 aromatic carbocycles. The third kappa shape index (κ3) is 3.95. The molecule has 0 fully saturated rings. The van der Waals surface area contributed by atoms with Gasteiger partial charge in [0, 0.05) is 23.5 Å². The number of carbonyl (C=O) groups is 1. The lowest BCUT2D eigenvalue weighted by atomic mass is 10.0. The molecule has 0 unspecified atom stereocenters. The number of nitrogens with zero attached hydrogens (tertiary/aromatic N) is 3. The highest BCUT2D eigenvalue weighted by molar-refractivity contribution is 7.19. The molecule has 1 amide bonds. The molecule has 0 bridgehead atoms. The van der Waals surface area contributed by atoms with Crippen LogP contribution in [0.25, 0.3) is 21.3 Å². The smallest absolute Gasteiger partial charge is 0.263 e. The minimum atomic E-state index is -0.150. The van der Waals surface area contributed by atoms with Crippen molar-refractivity contribution in [3.63, 3.8) is 0 Å². The van der Waals surface area contributed by atoms with Gasteiger partial charge in [-0.15, -0.1) is 11.3 Å². The van der Waals surface area contributed by atoms with E-state index < -0.39 is 0 Å².